The van der Waals surface area contributed by atoms with E-state index >= 15 is 0 Å². The minimum absolute atomic E-state index is 0.0713. The fourth-order valence-electron chi connectivity index (χ4n) is 3.24. The predicted octanol–water partition coefficient (Wildman–Crippen LogP) is 5.14. The number of terminal acetylenes is 1. The van der Waals surface area contributed by atoms with Crippen LogP contribution in [0.1, 0.15) is 11.1 Å². The zero-order valence-corrected chi connectivity index (χ0v) is 19.5. The quantitative estimate of drug-likeness (QED) is 0.503. The van der Waals surface area contributed by atoms with Gasteiger partial charge in [0.05, 0.1) is 19.8 Å². The molecule has 9 heteroatoms. The number of aliphatic hydroxyl groups is 1. The fraction of sp³-hybridized carbons (Fsp3) is 0.364. The highest BCUT2D eigenvalue weighted by atomic mass is 35.5. The van der Waals surface area contributed by atoms with Crippen LogP contribution in [0.5, 0.6) is 0 Å². The standard InChI is InChI=1S/C22H20Cl4O5/c1-3-22(27)20(30-11-14-5-7-16(24)9-18(14)26)19(31-21(22)28-2)12-29-10-13-4-6-15(23)8-17(13)25/h1,4-9,19-21,27H,10-12H2,2H3/t19-,20-,21?,22-/m1/s1. The van der Waals surface area contributed by atoms with Crippen molar-refractivity contribution in [2.24, 2.45) is 0 Å². The molecule has 0 radical (unpaired) electrons. The fourth-order valence-corrected chi connectivity index (χ4v) is 4.17. The summed E-state index contributed by atoms with van der Waals surface area (Å²) in [7, 11) is 1.39. The Morgan fingerprint density at radius 2 is 1.61 bits per heavy atom. The largest absolute Gasteiger partial charge is 0.374 e. The third-order valence-electron chi connectivity index (χ3n) is 4.86. The highest BCUT2D eigenvalue weighted by Crippen LogP contribution is 2.35. The SMILES string of the molecule is C#C[C@]1(O)C(OC)O[C@H](COCc2ccc(Cl)cc2Cl)[C@H]1OCc1ccc(Cl)cc1Cl. The van der Waals surface area contributed by atoms with E-state index in [1.807, 2.05) is 0 Å². The molecule has 0 spiro atoms. The Morgan fingerprint density at radius 3 is 2.13 bits per heavy atom. The third kappa shape index (κ3) is 5.66. The predicted molar refractivity (Wildman–Crippen MR) is 121 cm³/mol. The van der Waals surface area contributed by atoms with Gasteiger partial charge in [-0.05, 0) is 35.4 Å². The summed E-state index contributed by atoms with van der Waals surface area (Å²) in [6.07, 6.45) is 2.88. The number of ether oxygens (including phenoxy) is 4. The lowest BCUT2D eigenvalue weighted by Gasteiger charge is -2.28. The van der Waals surface area contributed by atoms with Crippen molar-refractivity contribution in [2.45, 2.75) is 37.3 Å². The van der Waals surface area contributed by atoms with E-state index in [0.29, 0.717) is 25.7 Å². The first-order valence-corrected chi connectivity index (χ1v) is 10.7. The van der Waals surface area contributed by atoms with Crippen molar-refractivity contribution in [3.8, 4) is 12.3 Å². The maximum Gasteiger partial charge on any atom is 0.205 e. The second-order valence-corrected chi connectivity index (χ2v) is 8.62. The minimum Gasteiger partial charge on any atom is -0.374 e. The molecule has 4 atom stereocenters. The number of methoxy groups -OCH3 is 1. The molecule has 0 aliphatic carbocycles. The summed E-state index contributed by atoms with van der Waals surface area (Å²) < 4.78 is 22.7. The van der Waals surface area contributed by atoms with E-state index in [9.17, 15) is 5.11 Å². The van der Waals surface area contributed by atoms with Crippen molar-refractivity contribution < 1.29 is 24.1 Å². The van der Waals surface area contributed by atoms with Gasteiger partial charge in [0.2, 0.25) is 11.9 Å². The molecule has 0 amide bonds. The maximum absolute atomic E-state index is 11.0. The molecule has 1 N–H and O–H groups in total. The summed E-state index contributed by atoms with van der Waals surface area (Å²) in [6, 6.07) is 10.2. The van der Waals surface area contributed by atoms with Gasteiger partial charge < -0.3 is 24.1 Å². The molecule has 1 heterocycles. The van der Waals surface area contributed by atoms with Crippen molar-refractivity contribution in [2.75, 3.05) is 13.7 Å². The van der Waals surface area contributed by atoms with Gasteiger partial charge in [0.15, 0.2) is 0 Å². The molecular formula is C22H20Cl4O5. The Balaban J connectivity index is 1.71. The van der Waals surface area contributed by atoms with Gasteiger partial charge in [0.1, 0.15) is 12.2 Å². The lowest BCUT2D eigenvalue weighted by molar-refractivity contribution is -0.176. The van der Waals surface area contributed by atoms with E-state index < -0.39 is 24.1 Å². The molecule has 0 aromatic heterocycles. The molecule has 0 bridgehead atoms. The van der Waals surface area contributed by atoms with Gasteiger partial charge in [-0.3, -0.25) is 0 Å². The van der Waals surface area contributed by atoms with E-state index in [0.717, 1.165) is 5.56 Å². The van der Waals surface area contributed by atoms with E-state index in [-0.39, 0.29) is 19.8 Å². The molecule has 31 heavy (non-hydrogen) atoms. The Kier molecular flexibility index (Phi) is 8.51. The zero-order valence-electron chi connectivity index (χ0n) is 16.5. The van der Waals surface area contributed by atoms with E-state index in [1.165, 1.54) is 7.11 Å². The second-order valence-electron chi connectivity index (χ2n) is 6.93. The monoisotopic (exact) mass is 504 g/mol. The van der Waals surface area contributed by atoms with Crippen molar-refractivity contribution in [3.05, 3.63) is 67.6 Å². The molecule has 1 aliphatic heterocycles. The van der Waals surface area contributed by atoms with E-state index in [2.05, 4.69) is 5.92 Å². The summed E-state index contributed by atoms with van der Waals surface area (Å²) in [5.74, 6) is 2.34. The molecule has 166 valence electrons. The first-order chi connectivity index (χ1) is 14.8. The molecule has 1 fully saturated rings. The van der Waals surface area contributed by atoms with Crippen LogP contribution in [-0.4, -0.2) is 42.9 Å². The van der Waals surface area contributed by atoms with Crippen LogP contribution in [0, 0.1) is 12.3 Å². The topological polar surface area (TPSA) is 57.2 Å². The second kappa shape index (κ2) is 10.7. The molecule has 1 aliphatic rings. The van der Waals surface area contributed by atoms with Crippen LogP contribution >= 0.6 is 46.4 Å². The Bertz CT molecular complexity index is 963. The normalized spacial score (nSPS) is 25.5. The maximum atomic E-state index is 11.0. The highest BCUT2D eigenvalue weighted by molar-refractivity contribution is 6.35. The Morgan fingerprint density at radius 1 is 1.03 bits per heavy atom. The first-order valence-electron chi connectivity index (χ1n) is 9.24. The summed E-state index contributed by atoms with van der Waals surface area (Å²) in [4.78, 5) is 0. The van der Waals surface area contributed by atoms with Crippen LogP contribution in [-0.2, 0) is 32.2 Å². The molecule has 0 saturated carbocycles. The van der Waals surface area contributed by atoms with Crippen LogP contribution < -0.4 is 0 Å². The summed E-state index contributed by atoms with van der Waals surface area (Å²) in [5, 5.41) is 13.0. The summed E-state index contributed by atoms with van der Waals surface area (Å²) >= 11 is 24.3. The average molecular weight is 506 g/mol. The summed E-state index contributed by atoms with van der Waals surface area (Å²) in [6.45, 7) is 0.351. The Labute approximate surface area is 201 Å². The molecule has 1 saturated heterocycles. The molecule has 2 aromatic carbocycles. The van der Waals surface area contributed by atoms with Gasteiger partial charge in [0.25, 0.3) is 0 Å². The van der Waals surface area contributed by atoms with Gasteiger partial charge in [0, 0.05) is 27.2 Å². The van der Waals surface area contributed by atoms with Crippen molar-refractivity contribution in [1.29, 1.82) is 0 Å². The van der Waals surface area contributed by atoms with Gasteiger partial charge in [-0.2, -0.15) is 0 Å². The first kappa shape index (κ1) is 24.6. The molecule has 2 aromatic rings. The van der Waals surface area contributed by atoms with Crippen molar-refractivity contribution in [1.82, 2.24) is 0 Å². The lowest BCUT2D eigenvalue weighted by atomic mass is 9.96. The molecule has 1 unspecified atom stereocenters. The van der Waals surface area contributed by atoms with Crippen molar-refractivity contribution >= 4 is 46.4 Å². The van der Waals surface area contributed by atoms with Gasteiger partial charge in [-0.1, -0.05) is 64.5 Å². The van der Waals surface area contributed by atoms with Gasteiger partial charge in [-0.25, -0.2) is 0 Å². The summed E-state index contributed by atoms with van der Waals surface area (Å²) in [5.41, 5.74) is -0.386. The number of hydrogen-bond acceptors (Lipinski definition) is 5. The van der Waals surface area contributed by atoms with Crippen molar-refractivity contribution in [3.63, 3.8) is 0 Å². The number of halogens is 4. The lowest BCUT2D eigenvalue weighted by Crippen LogP contribution is -2.49. The van der Waals surface area contributed by atoms with E-state index in [1.54, 1.807) is 36.4 Å². The highest BCUT2D eigenvalue weighted by Gasteiger charge is 2.56. The number of hydrogen-bond donors (Lipinski definition) is 1. The van der Waals surface area contributed by atoms with Crippen LogP contribution in [0.3, 0.4) is 0 Å². The van der Waals surface area contributed by atoms with Crippen LogP contribution in [0.15, 0.2) is 36.4 Å². The van der Waals surface area contributed by atoms with Crippen LogP contribution in [0.25, 0.3) is 0 Å². The van der Waals surface area contributed by atoms with Gasteiger partial charge in [-0.15, -0.1) is 6.42 Å². The smallest absolute Gasteiger partial charge is 0.205 e. The molecular weight excluding hydrogens is 486 g/mol. The van der Waals surface area contributed by atoms with Crippen LogP contribution in [0.2, 0.25) is 20.1 Å². The minimum atomic E-state index is -1.82. The molecule has 3 rings (SSSR count). The zero-order chi connectivity index (χ0) is 22.6. The van der Waals surface area contributed by atoms with E-state index in [4.69, 9.17) is 71.8 Å². The Hall–Kier alpha value is -1.04. The average Bonchev–Trinajstić information content (AvgIpc) is 3.00. The molecule has 5 nitrogen and oxygen atoms in total. The van der Waals surface area contributed by atoms with Gasteiger partial charge >= 0.3 is 0 Å². The van der Waals surface area contributed by atoms with Crippen LogP contribution in [0.4, 0.5) is 0 Å². The third-order valence-corrected chi connectivity index (χ3v) is 6.04. The number of rotatable bonds is 8. The number of benzene rings is 2.